The van der Waals surface area contributed by atoms with Crippen LogP contribution in [0.25, 0.3) is 0 Å². The molecule has 1 aromatic heterocycles. The Balaban J connectivity index is 1.96. The second kappa shape index (κ2) is 6.20. The van der Waals surface area contributed by atoms with Crippen LogP contribution in [0.4, 0.5) is 0 Å². The molecule has 0 amide bonds. The molecule has 0 bridgehead atoms. The highest BCUT2D eigenvalue weighted by Crippen LogP contribution is 2.28. The largest absolute Gasteiger partial charge is 0.313 e. The molecular weight excluding hydrogens is 210 g/mol. The van der Waals surface area contributed by atoms with Crippen LogP contribution in [0.3, 0.4) is 0 Å². The van der Waals surface area contributed by atoms with Gasteiger partial charge in [0.2, 0.25) is 0 Å². The van der Waals surface area contributed by atoms with Gasteiger partial charge < -0.3 is 5.32 Å². The Morgan fingerprint density at radius 1 is 1.35 bits per heavy atom. The van der Waals surface area contributed by atoms with Gasteiger partial charge in [-0.2, -0.15) is 5.10 Å². The summed E-state index contributed by atoms with van der Waals surface area (Å²) in [6, 6.07) is 0.655. The molecule has 1 aliphatic carbocycles. The normalized spacial score (nSPS) is 17.5. The van der Waals surface area contributed by atoms with Crippen molar-refractivity contribution < 1.29 is 0 Å². The SMILES string of the molecule is CCCNCc1cn(C2CCCCC2)nc1C. The second-order valence-corrected chi connectivity index (χ2v) is 5.19. The molecule has 0 spiro atoms. The zero-order valence-electron chi connectivity index (χ0n) is 11.2. The molecule has 0 aliphatic heterocycles. The first kappa shape index (κ1) is 12.6. The molecule has 17 heavy (non-hydrogen) atoms. The quantitative estimate of drug-likeness (QED) is 0.794. The Labute approximate surface area is 105 Å². The molecule has 0 aromatic carbocycles. The fourth-order valence-electron chi connectivity index (χ4n) is 2.63. The predicted molar refractivity (Wildman–Crippen MR) is 71.1 cm³/mol. The molecule has 1 aliphatic rings. The Bertz CT molecular complexity index is 337. The van der Waals surface area contributed by atoms with E-state index in [1.54, 1.807) is 0 Å². The van der Waals surface area contributed by atoms with Gasteiger partial charge in [0.15, 0.2) is 0 Å². The minimum absolute atomic E-state index is 0.655. The summed E-state index contributed by atoms with van der Waals surface area (Å²) in [6.07, 6.45) is 10.2. The van der Waals surface area contributed by atoms with Crippen LogP contribution in [-0.4, -0.2) is 16.3 Å². The number of hydrogen-bond donors (Lipinski definition) is 1. The van der Waals surface area contributed by atoms with E-state index >= 15 is 0 Å². The van der Waals surface area contributed by atoms with Crippen molar-refractivity contribution in [2.24, 2.45) is 0 Å². The van der Waals surface area contributed by atoms with E-state index in [0.717, 1.165) is 13.1 Å². The first-order valence-corrected chi connectivity index (χ1v) is 7.06. The van der Waals surface area contributed by atoms with Crippen molar-refractivity contribution in [3.05, 3.63) is 17.5 Å². The Morgan fingerprint density at radius 2 is 2.12 bits per heavy atom. The van der Waals surface area contributed by atoms with Crippen molar-refractivity contribution in [2.75, 3.05) is 6.54 Å². The van der Waals surface area contributed by atoms with E-state index in [0.29, 0.717) is 6.04 Å². The number of rotatable bonds is 5. The highest BCUT2D eigenvalue weighted by molar-refractivity contribution is 5.15. The molecule has 1 saturated carbocycles. The zero-order chi connectivity index (χ0) is 12.1. The van der Waals surface area contributed by atoms with Gasteiger partial charge in [0.1, 0.15) is 0 Å². The minimum atomic E-state index is 0.655. The lowest BCUT2D eigenvalue weighted by atomic mass is 9.96. The van der Waals surface area contributed by atoms with Crippen LogP contribution >= 0.6 is 0 Å². The van der Waals surface area contributed by atoms with Crippen molar-refractivity contribution in [3.63, 3.8) is 0 Å². The molecule has 3 nitrogen and oxygen atoms in total. The van der Waals surface area contributed by atoms with Gasteiger partial charge in [-0.15, -0.1) is 0 Å². The number of nitrogens with zero attached hydrogens (tertiary/aromatic N) is 2. The lowest BCUT2D eigenvalue weighted by Crippen LogP contribution is -2.14. The topological polar surface area (TPSA) is 29.9 Å². The molecule has 1 heterocycles. The lowest BCUT2D eigenvalue weighted by molar-refractivity contribution is 0.328. The third-order valence-corrected chi connectivity index (χ3v) is 3.71. The molecule has 2 rings (SSSR count). The van der Waals surface area contributed by atoms with Crippen molar-refractivity contribution in [1.29, 1.82) is 0 Å². The number of aryl methyl sites for hydroxylation is 1. The van der Waals surface area contributed by atoms with Crippen LogP contribution in [0.15, 0.2) is 6.20 Å². The fourth-order valence-corrected chi connectivity index (χ4v) is 2.63. The lowest BCUT2D eigenvalue weighted by Gasteiger charge is -2.21. The summed E-state index contributed by atoms with van der Waals surface area (Å²) in [5.74, 6) is 0. The predicted octanol–water partition coefficient (Wildman–Crippen LogP) is 3.20. The average Bonchev–Trinajstić information content (AvgIpc) is 2.73. The molecule has 96 valence electrons. The third-order valence-electron chi connectivity index (χ3n) is 3.71. The first-order chi connectivity index (χ1) is 8.31. The van der Waals surface area contributed by atoms with Gasteiger partial charge in [-0.1, -0.05) is 26.2 Å². The van der Waals surface area contributed by atoms with E-state index < -0.39 is 0 Å². The van der Waals surface area contributed by atoms with Crippen LogP contribution in [0.1, 0.15) is 62.7 Å². The molecule has 3 heteroatoms. The summed E-state index contributed by atoms with van der Waals surface area (Å²) in [4.78, 5) is 0. The zero-order valence-corrected chi connectivity index (χ0v) is 11.2. The third kappa shape index (κ3) is 3.32. The molecule has 1 aromatic rings. The van der Waals surface area contributed by atoms with Crippen LogP contribution in [0.2, 0.25) is 0 Å². The van der Waals surface area contributed by atoms with Gasteiger partial charge in [0, 0.05) is 18.3 Å². The number of nitrogens with one attached hydrogen (secondary N) is 1. The Kier molecular flexibility index (Phi) is 4.60. The highest BCUT2D eigenvalue weighted by Gasteiger charge is 2.17. The van der Waals surface area contributed by atoms with E-state index in [2.05, 4.69) is 35.1 Å². The van der Waals surface area contributed by atoms with Crippen molar-refractivity contribution >= 4 is 0 Å². The maximum Gasteiger partial charge on any atom is 0.0638 e. The smallest absolute Gasteiger partial charge is 0.0638 e. The average molecular weight is 235 g/mol. The summed E-state index contributed by atoms with van der Waals surface area (Å²) in [5, 5.41) is 8.14. The monoisotopic (exact) mass is 235 g/mol. The van der Waals surface area contributed by atoms with E-state index in [-0.39, 0.29) is 0 Å². The summed E-state index contributed by atoms with van der Waals surface area (Å²) in [5.41, 5.74) is 2.56. The molecule has 0 saturated heterocycles. The minimum Gasteiger partial charge on any atom is -0.313 e. The van der Waals surface area contributed by atoms with Crippen LogP contribution in [-0.2, 0) is 6.54 Å². The second-order valence-electron chi connectivity index (χ2n) is 5.19. The van der Waals surface area contributed by atoms with Crippen LogP contribution < -0.4 is 5.32 Å². The van der Waals surface area contributed by atoms with Gasteiger partial charge in [-0.05, 0) is 32.7 Å². The highest BCUT2D eigenvalue weighted by atomic mass is 15.3. The van der Waals surface area contributed by atoms with Gasteiger partial charge in [0.05, 0.1) is 11.7 Å². The summed E-state index contributed by atoms with van der Waals surface area (Å²) < 4.78 is 2.22. The van der Waals surface area contributed by atoms with Gasteiger partial charge in [0.25, 0.3) is 0 Å². The number of hydrogen-bond acceptors (Lipinski definition) is 2. The molecule has 0 radical (unpaired) electrons. The summed E-state index contributed by atoms with van der Waals surface area (Å²) in [7, 11) is 0. The standard InChI is InChI=1S/C14H25N3/c1-3-9-15-10-13-11-17(16-12(13)2)14-7-5-4-6-8-14/h11,14-15H,3-10H2,1-2H3. The number of aromatic nitrogens is 2. The first-order valence-electron chi connectivity index (χ1n) is 7.06. The van der Waals surface area contributed by atoms with Crippen LogP contribution in [0, 0.1) is 6.92 Å². The Hall–Kier alpha value is -0.830. The molecule has 0 atom stereocenters. The van der Waals surface area contributed by atoms with Crippen molar-refractivity contribution in [2.45, 2.75) is 65.0 Å². The molecule has 1 fully saturated rings. The van der Waals surface area contributed by atoms with E-state index in [1.807, 2.05) is 0 Å². The summed E-state index contributed by atoms with van der Waals surface area (Å²) >= 11 is 0. The van der Waals surface area contributed by atoms with E-state index in [9.17, 15) is 0 Å². The van der Waals surface area contributed by atoms with E-state index in [1.165, 1.54) is 49.8 Å². The molecular formula is C14H25N3. The van der Waals surface area contributed by atoms with E-state index in [4.69, 9.17) is 0 Å². The molecule has 1 N–H and O–H groups in total. The maximum absolute atomic E-state index is 4.69. The maximum atomic E-state index is 4.69. The summed E-state index contributed by atoms with van der Waals surface area (Å²) in [6.45, 7) is 6.38. The fraction of sp³-hybridized carbons (Fsp3) is 0.786. The molecule has 0 unspecified atom stereocenters. The van der Waals surface area contributed by atoms with Gasteiger partial charge in [-0.25, -0.2) is 0 Å². The van der Waals surface area contributed by atoms with Crippen molar-refractivity contribution in [1.82, 2.24) is 15.1 Å². The van der Waals surface area contributed by atoms with Crippen LogP contribution in [0.5, 0.6) is 0 Å². The van der Waals surface area contributed by atoms with Crippen molar-refractivity contribution in [3.8, 4) is 0 Å². The van der Waals surface area contributed by atoms with Gasteiger partial charge in [-0.3, -0.25) is 4.68 Å². The van der Waals surface area contributed by atoms with Gasteiger partial charge >= 0.3 is 0 Å². The Morgan fingerprint density at radius 3 is 2.82 bits per heavy atom.